The third kappa shape index (κ3) is 3.96. The van der Waals surface area contributed by atoms with Crippen molar-refractivity contribution in [3.8, 4) is 10.6 Å². The van der Waals surface area contributed by atoms with Gasteiger partial charge in [0.25, 0.3) is 0 Å². The number of ether oxygens (including phenoxy) is 2. The number of aryl methyl sites for hydroxylation is 1. The molecule has 0 N–H and O–H groups in total. The van der Waals surface area contributed by atoms with E-state index in [4.69, 9.17) is 14.5 Å². The van der Waals surface area contributed by atoms with E-state index >= 15 is 0 Å². The van der Waals surface area contributed by atoms with Crippen molar-refractivity contribution in [3.63, 3.8) is 0 Å². The van der Waals surface area contributed by atoms with Crippen LogP contribution in [0.15, 0.2) is 6.08 Å². The Morgan fingerprint density at radius 3 is 2.69 bits per heavy atom. The smallest absolute Gasteiger partial charge is 0.410 e. The van der Waals surface area contributed by atoms with Gasteiger partial charge in [-0.1, -0.05) is 6.08 Å². The summed E-state index contributed by atoms with van der Waals surface area (Å²) in [5.41, 5.74) is 2.54. The van der Waals surface area contributed by atoms with Gasteiger partial charge in [0.05, 0.1) is 24.2 Å². The molecule has 2 aromatic rings. The standard InChI is InChI=1S/C21H24N2O4S2/c1-21(2,3)27-20(25)23-10-9-12-15(11-23)28-17(19(24)26-4)16(12)18-22-13-7-5-6-8-14(13)29-18/h6,8H,5,7,9-11H2,1-4H3. The molecule has 0 aromatic carbocycles. The second-order valence-electron chi connectivity index (χ2n) is 8.12. The van der Waals surface area contributed by atoms with Gasteiger partial charge in [-0.2, -0.15) is 0 Å². The van der Waals surface area contributed by atoms with E-state index in [0.29, 0.717) is 24.4 Å². The van der Waals surface area contributed by atoms with Crippen LogP contribution in [0.4, 0.5) is 4.79 Å². The molecule has 3 heterocycles. The lowest BCUT2D eigenvalue weighted by molar-refractivity contribution is 0.0226. The van der Waals surface area contributed by atoms with Gasteiger partial charge in [-0.05, 0) is 51.7 Å². The van der Waals surface area contributed by atoms with Crippen LogP contribution in [-0.4, -0.2) is 41.2 Å². The average molecular weight is 433 g/mol. The van der Waals surface area contributed by atoms with Crippen LogP contribution in [-0.2, 0) is 28.9 Å². The Kier molecular flexibility index (Phi) is 5.25. The number of fused-ring (bicyclic) bond motifs is 2. The van der Waals surface area contributed by atoms with Crippen molar-refractivity contribution in [2.45, 2.75) is 52.2 Å². The highest BCUT2D eigenvalue weighted by molar-refractivity contribution is 7.18. The zero-order valence-corrected chi connectivity index (χ0v) is 18.7. The van der Waals surface area contributed by atoms with Crippen molar-refractivity contribution in [1.29, 1.82) is 0 Å². The van der Waals surface area contributed by atoms with Gasteiger partial charge in [-0.3, -0.25) is 0 Å². The van der Waals surface area contributed by atoms with E-state index in [1.165, 1.54) is 18.4 Å². The number of thiazole rings is 1. The fraction of sp³-hybridized carbons (Fsp3) is 0.476. The molecule has 0 radical (unpaired) electrons. The number of carbonyl (C=O) groups excluding carboxylic acids is 2. The lowest BCUT2D eigenvalue weighted by Crippen LogP contribution is -2.39. The van der Waals surface area contributed by atoms with Crippen LogP contribution in [0.2, 0.25) is 0 Å². The number of carbonyl (C=O) groups is 2. The van der Waals surface area contributed by atoms with E-state index in [9.17, 15) is 9.59 Å². The zero-order chi connectivity index (χ0) is 20.8. The van der Waals surface area contributed by atoms with Crippen LogP contribution in [0.5, 0.6) is 0 Å². The zero-order valence-electron chi connectivity index (χ0n) is 17.0. The molecule has 0 fully saturated rings. The van der Waals surface area contributed by atoms with E-state index in [1.54, 1.807) is 16.2 Å². The van der Waals surface area contributed by atoms with Crippen molar-refractivity contribution < 1.29 is 19.1 Å². The van der Waals surface area contributed by atoms with Crippen LogP contribution < -0.4 is 0 Å². The highest BCUT2D eigenvalue weighted by atomic mass is 32.1. The van der Waals surface area contributed by atoms with Crippen LogP contribution >= 0.6 is 22.7 Å². The molecule has 4 rings (SSSR count). The molecule has 1 amide bonds. The molecule has 6 nitrogen and oxygen atoms in total. The summed E-state index contributed by atoms with van der Waals surface area (Å²) >= 11 is 3.02. The van der Waals surface area contributed by atoms with E-state index in [0.717, 1.165) is 44.4 Å². The third-order valence-corrected chi connectivity index (χ3v) is 7.12. The normalized spacial score (nSPS) is 15.7. The average Bonchev–Trinajstić information content (AvgIpc) is 3.26. The minimum Gasteiger partial charge on any atom is -0.465 e. The van der Waals surface area contributed by atoms with Gasteiger partial charge in [0, 0.05) is 17.0 Å². The van der Waals surface area contributed by atoms with Gasteiger partial charge in [0.2, 0.25) is 0 Å². The summed E-state index contributed by atoms with van der Waals surface area (Å²) < 4.78 is 10.6. The molecule has 154 valence electrons. The largest absolute Gasteiger partial charge is 0.465 e. The number of hydrogen-bond donors (Lipinski definition) is 0. The molecule has 0 saturated carbocycles. The Labute approximate surface area is 178 Å². The van der Waals surface area contributed by atoms with Gasteiger partial charge in [0.1, 0.15) is 15.5 Å². The summed E-state index contributed by atoms with van der Waals surface area (Å²) in [4.78, 5) is 34.3. The summed E-state index contributed by atoms with van der Waals surface area (Å²) in [6.45, 7) is 6.56. The van der Waals surface area contributed by atoms with Crippen LogP contribution in [0.1, 0.15) is 57.9 Å². The first-order valence-corrected chi connectivity index (χ1v) is 11.3. The molecule has 8 heteroatoms. The van der Waals surface area contributed by atoms with Crippen molar-refractivity contribution in [2.24, 2.45) is 0 Å². The SMILES string of the molecule is COC(=O)c1sc2c(c1-c1nc3c(s1)C=CCC3)CCN(C(=O)OC(C)(C)C)C2. The van der Waals surface area contributed by atoms with Gasteiger partial charge < -0.3 is 14.4 Å². The first-order chi connectivity index (χ1) is 13.8. The summed E-state index contributed by atoms with van der Waals surface area (Å²) in [7, 11) is 1.40. The van der Waals surface area contributed by atoms with Crippen molar-refractivity contribution >= 4 is 40.8 Å². The van der Waals surface area contributed by atoms with E-state index in [2.05, 4.69) is 12.2 Å². The predicted molar refractivity (Wildman–Crippen MR) is 114 cm³/mol. The highest BCUT2D eigenvalue weighted by Gasteiger charge is 2.33. The maximum Gasteiger partial charge on any atom is 0.410 e. The molecule has 0 saturated heterocycles. The molecule has 0 unspecified atom stereocenters. The van der Waals surface area contributed by atoms with Gasteiger partial charge in [-0.15, -0.1) is 22.7 Å². The summed E-state index contributed by atoms with van der Waals surface area (Å²) in [6.07, 6.45) is 6.53. The van der Waals surface area contributed by atoms with Crippen molar-refractivity contribution in [2.75, 3.05) is 13.7 Å². The number of thiophene rings is 1. The molecule has 1 aliphatic heterocycles. The molecule has 2 aromatic heterocycles. The molecule has 1 aliphatic carbocycles. The molecule has 0 atom stereocenters. The number of rotatable bonds is 2. The Bertz CT molecular complexity index is 997. The van der Waals surface area contributed by atoms with Gasteiger partial charge in [-0.25, -0.2) is 14.6 Å². The number of methoxy groups -OCH3 is 1. The fourth-order valence-electron chi connectivity index (χ4n) is 3.54. The quantitative estimate of drug-likeness (QED) is 0.631. The monoisotopic (exact) mass is 432 g/mol. The van der Waals surface area contributed by atoms with Crippen LogP contribution in [0, 0.1) is 0 Å². The maximum atomic E-state index is 12.5. The highest BCUT2D eigenvalue weighted by Crippen LogP contribution is 2.43. The van der Waals surface area contributed by atoms with Gasteiger partial charge >= 0.3 is 12.1 Å². The summed E-state index contributed by atoms with van der Waals surface area (Å²) in [5, 5.41) is 0.866. The Hall–Kier alpha value is -2.19. The number of amides is 1. The summed E-state index contributed by atoms with van der Waals surface area (Å²) in [6, 6.07) is 0. The number of esters is 1. The topological polar surface area (TPSA) is 68.7 Å². The minimum absolute atomic E-state index is 0.326. The third-order valence-electron chi connectivity index (χ3n) is 4.84. The van der Waals surface area contributed by atoms with Crippen LogP contribution in [0.25, 0.3) is 16.6 Å². The first kappa shape index (κ1) is 20.1. The Morgan fingerprint density at radius 2 is 2.00 bits per heavy atom. The number of hydrogen-bond acceptors (Lipinski definition) is 7. The molecular formula is C21H24N2O4S2. The van der Waals surface area contributed by atoms with E-state index in [-0.39, 0.29) is 12.1 Å². The van der Waals surface area contributed by atoms with Gasteiger partial charge in [0.15, 0.2) is 0 Å². The first-order valence-electron chi connectivity index (χ1n) is 9.64. The number of aromatic nitrogens is 1. The second-order valence-corrected chi connectivity index (χ2v) is 10.3. The van der Waals surface area contributed by atoms with Crippen molar-refractivity contribution in [3.05, 3.63) is 32.0 Å². The number of allylic oxidation sites excluding steroid dienone is 1. The van der Waals surface area contributed by atoms with Crippen molar-refractivity contribution in [1.82, 2.24) is 9.88 Å². The predicted octanol–water partition coefficient (Wildman–Crippen LogP) is 4.91. The Morgan fingerprint density at radius 1 is 1.21 bits per heavy atom. The van der Waals surface area contributed by atoms with Crippen LogP contribution in [0.3, 0.4) is 0 Å². The Balaban J connectivity index is 1.71. The molecule has 0 spiro atoms. The molecular weight excluding hydrogens is 408 g/mol. The fourth-order valence-corrected chi connectivity index (χ4v) is 6.01. The lowest BCUT2D eigenvalue weighted by Gasteiger charge is -2.30. The molecule has 0 bridgehead atoms. The molecule has 29 heavy (non-hydrogen) atoms. The second kappa shape index (κ2) is 7.57. The minimum atomic E-state index is -0.539. The maximum absolute atomic E-state index is 12.5. The number of nitrogens with zero attached hydrogens (tertiary/aromatic N) is 2. The van der Waals surface area contributed by atoms with E-state index in [1.807, 2.05) is 20.8 Å². The summed E-state index contributed by atoms with van der Waals surface area (Å²) in [5.74, 6) is -0.355. The lowest BCUT2D eigenvalue weighted by atomic mass is 10.0. The molecule has 2 aliphatic rings. The van der Waals surface area contributed by atoms with E-state index < -0.39 is 5.60 Å².